The van der Waals surface area contributed by atoms with Crippen LogP contribution in [0.25, 0.3) is 0 Å². The molecule has 0 radical (unpaired) electrons. The third-order valence-corrected chi connectivity index (χ3v) is 3.57. The highest BCUT2D eigenvalue weighted by atomic mass is 19.4. The van der Waals surface area contributed by atoms with Crippen LogP contribution in [0.15, 0.2) is 18.2 Å². The molecule has 1 aromatic carbocycles. The van der Waals surface area contributed by atoms with E-state index < -0.39 is 23.3 Å². The minimum absolute atomic E-state index is 0.550. The Labute approximate surface area is 121 Å². The number of hydrogen-bond donors (Lipinski definition) is 1. The quantitative estimate of drug-likeness (QED) is 0.862. The van der Waals surface area contributed by atoms with Crippen molar-refractivity contribution >= 4 is 11.7 Å². The number of nitrogens with zero attached hydrogens (tertiary/aromatic N) is 1. The Hall–Kier alpha value is -1.72. The molecule has 0 saturated heterocycles. The number of carbonyl (C=O) groups is 1. The minimum atomic E-state index is -4.65. The van der Waals surface area contributed by atoms with Gasteiger partial charge in [0.05, 0.1) is 11.1 Å². The molecule has 6 heteroatoms. The molecule has 0 bridgehead atoms. The summed E-state index contributed by atoms with van der Waals surface area (Å²) in [6.07, 6.45) is -1.53. The molecule has 0 unspecified atom stereocenters. The lowest BCUT2D eigenvalue weighted by Gasteiger charge is -2.25. The zero-order valence-electron chi connectivity index (χ0n) is 11.8. The first-order valence-corrected chi connectivity index (χ1v) is 7.02. The van der Waals surface area contributed by atoms with Gasteiger partial charge in [-0.3, -0.25) is 0 Å². The summed E-state index contributed by atoms with van der Waals surface area (Å²) in [7, 11) is 0. The molecule has 0 spiro atoms. The number of halogens is 3. The Morgan fingerprint density at radius 1 is 1.38 bits per heavy atom. The normalized spacial score (nSPS) is 15.0. The summed E-state index contributed by atoms with van der Waals surface area (Å²) in [4.78, 5) is 13.1. The van der Waals surface area contributed by atoms with Gasteiger partial charge in [-0.15, -0.1) is 0 Å². The van der Waals surface area contributed by atoms with Crippen molar-refractivity contribution in [2.24, 2.45) is 5.92 Å². The van der Waals surface area contributed by atoms with E-state index in [0.29, 0.717) is 18.2 Å². The van der Waals surface area contributed by atoms with E-state index in [9.17, 15) is 18.0 Å². The number of anilines is 1. The molecule has 0 atom stereocenters. The lowest BCUT2D eigenvalue weighted by molar-refractivity contribution is -0.138. The van der Waals surface area contributed by atoms with E-state index in [1.165, 1.54) is 6.07 Å². The maximum Gasteiger partial charge on any atom is 0.417 e. The van der Waals surface area contributed by atoms with Crippen molar-refractivity contribution in [2.75, 3.05) is 18.0 Å². The van der Waals surface area contributed by atoms with Crippen LogP contribution in [0, 0.1) is 5.92 Å². The van der Waals surface area contributed by atoms with E-state index >= 15 is 0 Å². The molecule has 1 saturated carbocycles. The number of carboxylic acid groups (broad SMARTS) is 1. The fourth-order valence-electron chi connectivity index (χ4n) is 2.36. The van der Waals surface area contributed by atoms with E-state index in [1.54, 1.807) is 0 Å². The zero-order chi connectivity index (χ0) is 15.6. The van der Waals surface area contributed by atoms with E-state index in [1.807, 2.05) is 11.8 Å². The molecule has 21 heavy (non-hydrogen) atoms. The predicted molar refractivity (Wildman–Crippen MR) is 73.6 cm³/mol. The number of hydrogen-bond acceptors (Lipinski definition) is 2. The largest absolute Gasteiger partial charge is 0.478 e. The van der Waals surface area contributed by atoms with Crippen molar-refractivity contribution in [1.29, 1.82) is 0 Å². The Morgan fingerprint density at radius 2 is 2.05 bits per heavy atom. The van der Waals surface area contributed by atoms with Gasteiger partial charge in [-0.25, -0.2) is 4.79 Å². The maximum atomic E-state index is 12.8. The highest BCUT2D eigenvalue weighted by Crippen LogP contribution is 2.36. The second-order valence-corrected chi connectivity index (χ2v) is 5.42. The second kappa shape index (κ2) is 5.95. The molecule has 0 amide bonds. The van der Waals surface area contributed by atoms with E-state index in [0.717, 1.165) is 37.9 Å². The topological polar surface area (TPSA) is 40.5 Å². The Morgan fingerprint density at radius 3 is 2.52 bits per heavy atom. The summed E-state index contributed by atoms with van der Waals surface area (Å²) in [6, 6.07) is 3.38. The summed E-state index contributed by atoms with van der Waals surface area (Å²) in [5.74, 6) is -0.973. The van der Waals surface area contributed by atoms with Crippen LogP contribution in [0.2, 0.25) is 0 Å². The van der Waals surface area contributed by atoms with Gasteiger partial charge in [0, 0.05) is 18.8 Å². The lowest BCUT2D eigenvalue weighted by atomic mass is 10.1. The molecule has 1 N–H and O–H groups in total. The van der Waals surface area contributed by atoms with Crippen LogP contribution in [0.1, 0.15) is 42.1 Å². The van der Waals surface area contributed by atoms with Crippen LogP contribution in [-0.4, -0.2) is 24.2 Å². The number of rotatable bonds is 6. The van der Waals surface area contributed by atoms with E-state index in [-0.39, 0.29) is 0 Å². The zero-order valence-corrected chi connectivity index (χ0v) is 11.8. The summed E-state index contributed by atoms with van der Waals surface area (Å²) in [5.41, 5.74) is -1.23. The van der Waals surface area contributed by atoms with Gasteiger partial charge in [0.25, 0.3) is 0 Å². The number of alkyl halides is 3. The third-order valence-electron chi connectivity index (χ3n) is 3.57. The molecule has 0 heterocycles. The van der Waals surface area contributed by atoms with Crippen LogP contribution in [0.3, 0.4) is 0 Å². The van der Waals surface area contributed by atoms with Crippen LogP contribution in [-0.2, 0) is 6.18 Å². The SMILES string of the molecule is CCCN(CC1CC1)c1ccc(C(F)(F)F)c(C(=O)O)c1. The molecular weight excluding hydrogens is 283 g/mol. The summed E-state index contributed by atoms with van der Waals surface area (Å²) < 4.78 is 38.5. The number of benzene rings is 1. The standard InChI is InChI=1S/C15H18F3NO2/c1-2-7-19(9-10-3-4-10)11-5-6-13(15(16,17)18)12(8-11)14(20)21/h5-6,8,10H,2-4,7,9H2,1H3,(H,20,21). The highest BCUT2D eigenvalue weighted by Gasteiger charge is 2.35. The molecular formula is C15H18F3NO2. The molecule has 1 aliphatic carbocycles. The third kappa shape index (κ3) is 3.89. The van der Waals surface area contributed by atoms with Gasteiger partial charge in [-0.2, -0.15) is 13.2 Å². The van der Waals surface area contributed by atoms with Gasteiger partial charge in [0.2, 0.25) is 0 Å². The van der Waals surface area contributed by atoms with Crippen molar-refractivity contribution in [2.45, 2.75) is 32.4 Å². The van der Waals surface area contributed by atoms with Crippen molar-refractivity contribution < 1.29 is 23.1 Å². The molecule has 1 aromatic rings. The first-order chi connectivity index (χ1) is 9.82. The number of carboxylic acids is 1. The van der Waals surface area contributed by atoms with Gasteiger partial charge in [-0.1, -0.05) is 6.92 Å². The van der Waals surface area contributed by atoms with Crippen molar-refractivity contribution in [3.8, 4) is 0 Å². The summed E-state index contributed by atoms with van der Waals surface area (Å²) in [6.45, 7) is 3.47. The van der Waals surface area contributed by atoms with Crippen LogP contribution in [0.5, 0.6) is 0 Å². The number of aromatic carboxylic acids is 1. The van der Waals surface area contributed by atoms with Gasteiger partial charge >= 0.3 is 12.1 Å². The van der Waals surface area contributed by atoms with Crippen molar-refractivity contribution in [1.82, 2.24) is 0 Å². The lowest BCUT2D eigenvalue weighted by Crippen LogP contribution is -2.27. The Bertz CT molecular complexity index is 524. The Balaban J connectivity index is 2.34. The summed E-state index contributed by atoms with van der Waals surface area (Å²) in [5, 5.41) is 9.04. The first-order valence-electron chi connectivity index (χ1n) is 7.02. The predicted octanol–water partition coefficient (Wildman–Crippen LogP) is 4.03. The van der Waals surface area contributed by atoms with Crippen molar-refractivity contribution in [3.63, 3.8) is 0 Å². The van der Waals surface area contributed by atoms with Gasteiger partial charge < -0.3 is 10.0 Å². The van der Waals surface area contributed by atoms with Gasteiger partial charge in [0.1, 0.15) is 0 Å². The average molecular weight is 301 g/mol. The fraction of sp³-hybridized carbons (Fsp3) is 0.533. The van der Waals surface area contributed by atoms with Crippen LogP contribution < -0.4 is 4.90 Å². The van der Waals surface area contributed by atoms with Crippen molar-refractivity contribution in [3.05, 3.63) is 29.3 Å². The molecule has 1 aliphatic rings. The molecule has 1 fully saturated rings. The highest BCUT2D eigenvalue weighted by molar-refractivity contribution is 5.91. The van der Waals surface area contributed by atoms with Crippen LogP contribution >= 0.6 is 0 Å². The molecule has 116 valence electrons. The molecule has 3 nitrogen and oxygen atoms in total. The van der Waals surface area contributed by atoms with Gasteiger partial charge in [-0.05, 0) is 43.4 Å². The summed E-state index contributed by atoms with van der Waals surface area (Å²) >= 11 is 0. The van der Waals surface area contributed by atoms with Gasteiger partial charge in [0.15, 0.2) is 0 Å². The monoisotopic (exact) mass is 301 g/mol. The molecule has 2 rings (SSSR count). The van der Waals surface area contributed by atoms with Crippen LogP contribution in [0.4, 0.5) is 18.9 Å². The first kappa shape index (κ1) is 15.7. The molecule has 0 aliphatic heterocycles. The fourth-order valence-corrected chi connectivity index (χ4v) is 2.36. The minimum Gasteiger partial charge on any atom is -0.478 e. The van der Waals surface area contributed by atoms with E-state index in [2.05, 4.69) is 0 Å². The smallest absolute Gasteiger partial charge is 0.417 e. The second-order valence-electron chi connectivity index (χ2n) is 5.42. The van der Waals surface area contributed by atoms with E-state index in [4.69, 9.17) is 5.11 Å². The average Bonchev–Trinajstić information content (AvgIpc) is 3.20. The Kier molecular flexibility index (Phi) is 4.44. The maximum absolute atomic E-state index is 12.8. The molecule has 0 aromatic heterocycles.